The SMILES string of the molecule is CCC(CC)CN(CC)S(=O)(=O)c1ccc2c(c1)CCN2. The zero-order chi connectivity index (χ0) is 15.5. The summed E-state index contributed by atoms with van der Waals surface area (Å²) >= 11 is 0. The molecule has 0 saturated heterocycles. The van der Waals surface area contributed by atoms with Gasteiger partial charge in [-0.25, -0.2) is 8.42 Å². The van der Waals surface area contributed by atoms with E-state index in [1.54, 1.807) is 10.4 Å². The van der Waals surface area contributed by atoms with Crippen LogP contribution in [0.25, 0.3) is 0 Å². The van der Waals surface area contributed by atoms with Gasteiger partial charge in [0.15, 0.2) is 0 Å². The fourth-order valence-electron chi connectivity index (χ4n) is 2.82. The van der Waals surface area contributed by atoms with Crippen molar-refractivity contribution in [1.29, 1.82) is 0 Å². The van der Waals surface area contributed by atoms with Crippen LogP contribution < -0.4 is 5.32 Å². The van der Waals surface area contributed by atoms with Gasteiger partial charge in [-0.2, -0.15) is 4.31 Å². The van der Waals surface area contributed by atoms with Gasteiger partial charge in [-0.05, 0) is 36.1 Å². The molecule has 21 heavy (non-hydrogen) atoms. The van der Waals surface area contributed by atoms with Crippen molar-refractivity contribution >= 4 is 15.7 Å². The van der Waals surface area contributed by atoms with Crippen LogP contribution in [0.2, 0.25) is 0 Å². The molecule has 1 N–H and O–H groups in total. The van der Waals surface area contributed by atoms with Gasteiger partial charge < -0.3 is 5.32 Å². The summed E-state index contributed by atoms with van der Waals surface area (Å²) in [5.74, 6) is 0.427. The largest absolute Gasteiger partial charge is 0.384 e. The summed E-state index contributed by atoms with van der Waals surface area (Å²) in [5, 5.41) is 3.26. The van der Waals surface area contributed by atoms with Crippen molar-refractivity contribution < 1.29 is 8.42 Å². The smallest absolute Gasteiger partial charge is 0.243 e. The van der Waals surface area contributed by atoms with E-state index in [2.05, 4.69) is 19.2 Å². The molecule has 0 atom stereocenters. The molecule has 0 radical (unpaired) electrons. The van der Waals surface area contributed by atoms with E-state index in [1.165, 1.54) is 0 Å². The molecule has 0 fully saturated rings. The normalized spacial score (nSPS) is 14.5. The Morgan fingerprint density at radius 3 is 2.57 bits per heavy atom. The van der Waals surface area contributed by atoms with E-state index in [-0.39, 0.29) is 0 Å². The molecule has 0 amide bonds. The first kappa shape index (κ1) is 16.3. The zero-order valence-corrected chi connectivity index (χ0v) is 14.0. The first-order valence-corrected chi connectivity index (χ1v) is 9.33. The molecule has 1 aliphatic heterocycles. The van der Waals surface area contributed by atoms with Crippen LogP contribution in [-0.2, 0) is 16.4 Å². The van der Waals surface area contributed by atoms with Crippen LogP contribution in [0, 0.1) is 5.92 Å². The topological polar surface area (TPSA) is 49.4 Å². The lowest BCUT2D eigenvalue weighted by atomic mass is 10.0. The molecule has 0 bridgehead atoms. The molecule has 0 unspecified atom stereocenters. The van der Waals surface area contributed by atoms with Gasteiger partial charge in [0.25, 0.3) is 0 Å². The Morgan fingerprint density at radius 1 is 1.24 bits per heavy atom. The molecular weight excluding hydrogens is 284 g/mol. The van der Waals surface area contributed by atoms with Crippen molar-refractivity contribution in [3.8, 4) is 0 Å². The third-order valence-electron chi connectivity index (χ3n) is 4.39. The number of sulfonamides is 1. The number of nitrogens with zero attached hydrogens (tertiary/aromatic N) is 1. The van der Waals surface area contributed by atoms with Crippen molar-refractivity contribution in [2.24, 2.45) is 5.92 Å². The van der Waals surface area contributed by atoms with Gasteiger partial charge in [-0.3, -0.25) is 0 Å². The van der Waals surface area contributed by atoms with Gasteiger partial charge in [0.2, 0.25) is 10.0 Å². The summed E-state index contributed by atoms with van der Waals surface area (Å²) in [5.41, 5.74) is 2.17. The Kier molecular flexibility index (Phi) is 5.27. The predicted molar refractivity (Wildman–Crippen MR) is 87.1 cm³/mol. The van der Waals surface area contributed by atoms with Gasteiger partial charge >= 0.3 is 0 Å². The minimum Gasteiger partial charge on any atom is -0.384 e. The van der Waals surface area contributed by atoms with Crippen LogP contribution in [-0.4, -0.2) is 32.4 Å². The van der Waals surface area contributed by atoms with Gasteiger partial charge in [0.1, 0.15) is 0 Å². The first-order valence-electron chi connectivity index (χ1n) is 7.89. The maximum Gasteiger partial charge on any atom is 0.243 e. The van der Waals surface area contributed by atoms with Crippen LogP contribution >= 0.6 is 0 Å². The van der Waals surface area contributed by atoms with Crippen molar-refractivity contribution in [2.75, 3.05) is 25.0 Å². The highest BCUT2D eigenvalue weighted by Gasteiger charge is 2.26. The predicted octanol–water partition coefficient (Wildman–Crippen LogP) is 3.10. The molecule has 1 heterocycles. The molecule has 2 rings (SSSR count). The minimum atomic E-state index is -3.38. The van der Waals surface area contributed by atoms with E-state index < -0.39 is 10.0 Å². The van der Waals surface area contributed by atoms with E-state index in [4.69, 9.17) is 0 Å². The second-order valence-corrected chi connectivity index (χ2v) is 7.57. The van der Waals surface area contributed by atoms with Crippen molar-refractivity contribution in [2.45, 2.75) is 44.9 Å². The number of nitrogens with one attached hydrogen (secondary N) is 1. The first-order chi connectivity index (χ1) is 10.0. The summed E-state index contributed by atoms with van der Waals surface area (Å²) in [4.78, 5) is 0.428. The Morgan fingerprint density at radius 2 is 1.95 bits per heavy atom. The molecule has 0 saturated carbocycles. The maximum absolute atomic E-state index is 12.8. The van der Waals surface area contributed by atoms with E-state index in [0.717, 1.165) is 37.1 Å². The van der Waals surface area contributed by atoms with Gasteiger partial charge in [-0.15, -0.1) is 0 Å². The van der Waals surface area contributed by atoms with Crippen LogP contribution in [0.15, 0.2) is 23.1 Å². The van der Waals surface area contributed by atoms with Crippen LogP contribution in [0.3, 0.4) is 0 Å². The Balaban J connectivity index is 2.26. The number of rotatable bonds is 7. The molecule has 0 aliphatic carbocycles. The van der Waals surface area contributed by atoms with E-state index >= 15 is 0 Å². The number of fused-ring (bicyclic) bond motifs is 1. The second-order valence-electron chi connectivity index (χ2n) is 5.63. The lowest BCUT2D eigenvalue weighted by Gasteiger charge is -2.25. The molecule has 1 aliphatic rings. The third kappa shape index (κ3) is 3.40. The highest BCUT2D eigenvalue weighted by molar-refractivity contribution is 7.89. The Bertz CT molecular complexity index is 580. The van der Waals surface area contributed by atoms with E-state index in [0.29, 0.717) is 23.9 Å². The molecule has 118 valence electrons. The fourth-order valence-corrected chi connectivity index (χ4v) is 4.40. The van der Waals surface area contributed by atoms with Crippen LogP contribution in [0.4, 0.5) is 5.69 Å². The van der Waals surface area contributed by atoms with Crippen molar-refractivity contribution in [1.82, 2.24) is 4.31 Å². The average Bonchev–Trinajstić information content (AvgIpc) is 2.95. The monoisotopic (exact) mass is 310 g/mol. The molecule has 4 nitrogen and oxygen atoms in total. The molecule has 1 aromatic carbocycles. The minimum absolute atomic E-state index is 0.427. The molecule has 0 aromatic heterocycles. The van der Waals surface area contributed by atoms with Crippen molar-refractivity contribution in [3.05, 3.63) is 23.8 Å². The summed E-state index contributed by atoms with van der Waals surface area (Å²) in [6.07, 6.45) is 2.92. The average molecular weight is 310 g/mol. The Labute approximate surface area is 128 Å². The van der Waals surface area contributed by atoms with Gasteiger partial charge in [-0.1, -0.05) is 33.6 Å². The van der Waals surface area contributed by atoms with Crippen molar-refractivity contribution in [3.63, 3.8) is 0 Å². The fraction of sp³-hybridized carbons (Fsp3) is 0.625. The lowest BCUT2D eigenvalue weighted by molar-refractivity contribution is 0.339. The van der Waals surface area contributed by atoms with Crippen LogP contribution in [0.5, 0.6) is 0 Å². The summed E-state index contributed by atoms with van der Waals surface area (Å²) < 4.78 is 27.3. The van der Waals surface area contributed by atoms with Gasteiger partial charge in [0, 0.05) is 25.3 Å². The maximum atomic E-state index is 12.8. The third-order valence-corrected chi connectivity index (χ3v) is 6.33. The number of hydrogen-bond donors (Lipinski definition) is 1. The summed E-state index contributed by atoms with van der Waals surface area (Å²) in [7, 11) is -3.38. The summed E-state index contributed by atoms with van der Waals surface area (Å²) in [6.45, 7) is 8.18. The molecule has 0 spiro atoms. The number of hydrogen-bond acceptors (Lipinski definition) is 3. The van der Waals surface area contributed by atoms with Crippen LogP contribution in [0.1, 0.15) is 39.2 Å². The number of anilines is 1. The molecule has 5 heteroatoms. The van der Waals surface area contributed by atoms with Gasteiger partial charge in [0.05, 0.1) is 4.90 Å². The van der Waals surface area contributed by atoms with E-state index in [1.807, 2.05) is 19.1 Å². The Hall–Kier alpha value is -1.07. The lowest BCUT2D eigenvalue weighted by Crippen LogP contribution is -2.35. The number of benzene rings is 1. The van der Waals surface area contributed by atoms with E-state index in [9.17, 15) is 8.42 Å². The summed E-state index contributed by atoms with van der Waals surface area (Å²) in [6, 6.07) is 5.45. The molecular formula is C16H26N2O2S. The molecule has 1 aromatic rings. The second kappa shape index (κ2) is 6.79. The standard InChI is InChI=1S/C16H26N2O2S/c1-4-13(5-2)12-18(6-3)21(19,20)15-7-8-16-14(11-15)9-10-17-16/h7-8,11,13,17H,4-6,9-10,12H2,1-3H3. The quantitative estimate of drug-likeness (QED) is 0.842. The zero-order valence-electron chi connectivity index (χ0n) is 13.2. The highest BCUT2D eigenvalue weighted by atomic mass is 32.2. The highest BCUT2D eigenvalue weighted by Crippen LogP contribution is 2.27.